The molecule has 1 unspecified atom stereocenters. The van der Waals surface area contributed by atoms with Gasteiger partial charge in [0, 0.05) is 12.5 Å². The lowest BCUT2D eigenvalue weighted by Crippen LogP contribution is -2.34. The van der Waals surface area contributed by atoms with Crippen molar-refractivity contribution in [2.24, 2.45) is 5.92 Å². The minimum atomic E-state index is 0.0118. The molecular weight excluding hydrogens is 270 g/mol. The van der Waals surface area contributed by atoms with Crippen molar-refractivity contribution in [3.8, 4) is 11.8 Å². The summed E-state index contributed by atoms with van der Waals surface area (Å²) in [6, 6.07) is 3.99. The summed E-state index contributed by atoms with van der Waals surface area (Å²) >= 11 is 1.41. The first-order valence-electron chi connectivity index (χ1n) is 7.23. The number of rotatable bonds is 6. The molecule has 1 aromatic heterocycles. The summed E-state index contributed by atoms with van der Waals surface area (Å²) < 4.78 is 0. The van der Waals surface area contributed by atoms with Gasteiger partial charge < -0.3 is 10.4 Å². The Bertz CT molecular complexity index is 508. The molecular formula is C16H21NO2S. The number of hydrogen-bond donors (Lipinski definition) is 2. The highest BCUT2D eigenvalue weighted by Crippen LogP contribution is 2.34. The van der Waals surface area contributed by atoms with Crippen LogP contribution in [-0.4, -0.2) is 23.7 Å². The summed E-state index contributed by atoms with van der Waals surface area (Å²) in [5.74, 6) is 6.66. The molecule has 0 aromatic carbocycles. The lowest BCUT2D eigenvalue weighted by molar-refractivity contribution is 0.0937. The van der Waals surface area contributed by atoms with Crippen molar-refractivity contribution in [2.45, 2.75) is 45.1 Å². The molecule has 2 N–H and O–H groups in total. The smallest absolute Gasteiger partial charge is 0.261 e. The average molecular weight is 291 g/mol. The Balaban J connectivity index is 1.89. The standard InChI is InChI=1S/C16H21NO2S/c1-2-13(11-12-6-7-12)17-16(19)15-9-8-14(20-15)5-3-4-10-18/h8-9,12-13,18H,2,4,6-7,10-11H2,1H3,(H,17,19). The number of hydrogen-bond acceptors (Lipinski definition) is 3. The molecule has 3 nitrogen and oxygen atoms in total. The zero-order valence-electron chi connectivity index (χ0n) is 11.8. The van der Waals surface area contributed by atoms with E-state index in [4.69, 9.17) is 5.11 Å². The molecule has 4 heteroatoms. The van der Waals surface area contributed by atoms with E-state index in [0.717, 1.165) is 23.6 Å². The Morgan fingerprint density at radius 3 is 3.00 bits per heavy atom. The lowest BCUT2D eigenvalue weighted by atomic mass is 10.1. The Kier molecular flexibility index (Phi) is 5.63. The van der Waals surface area contributed by atoms with Gasteiger partial charge in [-0.1, -0.05) is 31.6 Å². The van der Waals surface area contributed by atoms with Crippen molar-refractivity contribution < 1.29 is 9.90 Å². The van der Waals surface area contributed by atoms with Crippen molar-refractivity contribution in [3.05, 3.63) is 21.9 Å². The molecule has 1 amide bonds. The topological polar surface area (TPSA) is 49.3 Å². The maximum absolute atomic E-state index is 12.2. The molecule has 1 aliphatic carbocycles. The van der Waals surface area contributed by atoms with Crippen LogP contribution in [-0.2, 0) is 0 Å². The lowest BCUT2D eigenvalue weighted by Gasteiger charge is -2.15. The van der Waals surface area contributed by atoms with Crippen LogP contribution in [0.1, 0.15) is 53.6 Å². The summed E-state index contributed by atoms with van der Waals surface area (Å²) in [6.07, 6.45) is 5.19. The van der Waals surface area contributed by atoms with Crippen molar-refractivity contribution in [1.82, 2.24) is 5.32 Å². The summed E-state index contributed by atoms with van der Waals surface area (Å²) in [4.78, 5) is 13.8. The third-order valence-electron chi connectivity index (χ3n) is 3.42. The predicted octanol–water partition coefficient (Wildman–Crippen LogP) is 2.79. The fourth-order valence-corrected chi connectivity index (χ4v) is 2.86. The highest BCUT2D eigenvalue weighted by atomic mass is 32.1. The average Bonchev–Trinajstić information content (AvgIpc) is 3.13. The van der Waals surface area contributed by atoms with E-state index in [9.17, 15) is 4.79 Å². The highest BCUT2D eigenvalue weighted by molar-refractivity contribution is 7.14. The molecule has 1 atom stereocenters. The van der Waals surface area contributed by atoms with E-state index in [1.54, 1.807) is 0 Å². The maximum Gasteiger partial charge on any atom is 0.261 e. The molecule has 1 saturated carbocycles. The molecule has 0 bridgehead atoms. The zero-order chi connectivity index (χ0) is 14.4. The molecule has 0 spiro atoms. The van der Waals surface area contributed by atoms with Gasteiger partial charge in [-0.2, -0.15) is 0 Å². The second-order valence-electron chi connectivity index (χ2n) is 5.20. The Morgan fingerprint density at radius 2 is 2.35 bits per heavy atom. The molecule has 1 aliphatic rings. The minimum Gasteiger partial charge on any atom is -0.395 e. The van der Waals surface area contributed by atoms with Crippen LogP contribution in [0, 0.1) is 17.8 Å². The van der Waals surface area contributed by atoms with Gasteiger partial charge in [-0.3, -0.25) is 4.79 Å². The van der Waals surface area contributed by atoms with Gasteiger partial charge in [0.05, 0.1) is 16.4 Å². The molecule has 1 heterocycles. The first-order chi connectivity index (χ1) is 9.72. The number of carbonyl (C=O) groups is 1. The van der Waals surface area contributed by atoms with Gasteiger partial charge in [0.25, 0.3) is 5.91 Å². The monoisotopic (exact) mass is 291 g/mol. The second kappa shape index (κ2) is 7.47. The van der Waals surface area contributed by atoms with Gasteiger partial charge in [-0.15, -0.1) is 11.3 Å². The summed E-state index contributed by atoms with van der Waals surface area (Å²) in [7, 11) is 0. The number of aliphatic hydroxyl groups is 1. The van der Waals surface area contributed by atoms with Gasteiger partial charge in [0.2, 0.25) is 0 Å². The molecule has 20 heavy (non-hydrogen) atoms. The van der Waals surface area contributed by atoms with Crippen LogP contribution in [0.5, 0.6) is 0 Å². The third kappa shape index (κ3) is 4.66. The Hall–Kier alpha value is -1.31. The maximum atomic E-state index is 12.2. The highest BCUT2D eigenvalue weighted by Gasteiger charge is 2.25. The van der Waals surface area contributed by atoms with Gasteiger partial charge >= 0.3 is 0 Å². The number of nitrogens with one attached hydrogen (secondary N) is 1. The molecule has 0 aliphatic heterocycles. The van der Waals surface area contributed by atoms with Crippen LogP contribution in [0.15, 0.2) is 12.1 Å². The largest absolute Gasteiger partial charge is 0.395 e. The number of thiophene rings is 1. The van der Waals surface area contributed by atoms with Crippen LogP contribution in [0.4, 0.5) is 0 Å². The molecule has 0 radical (unpaired) electrons. The molecule has 108 valence electrons. The van der Waals surface area contributed by atoms with E-state index in [1.807, 2.05) is 12.1 Å². The van der Waals surface area contributed by atoms with Crippen LogP contribution >= 0.6 is 11.3 Å². The molecule has 1 fully saturated rings. The number of carbonyl (C=O) groups excluding carboxylic acids is 1. The molecule has 1 aromatic rings. The normalized spacial score (nSPS) is 15.3. The van der Waals surface area contributed by atoms with Crippen molar-refractivity contribution in [1.29, 1.82) is 0 Å². The number of aliphatic hydroxyl groups excluding tert-OH is 1. The van der Waals surface area contributed by atoms with E-state index < -0.39 is 0 Å². The quantitative estimate of drug-likeness (QED) is 0.792. The SMILES string of the molecule is CCC(CC1CC1)NC(=O)c1ccc(C#CCCO)s1. The van der Waals surface area contributed by atoms with Crippen LogP contribution in [0.25, 0.3) is 0 Å². The number of amides is 1. The van der Waals surface area contributed by atoms with E-state index in [0.29, 0.717) is 17.3 Å². The second-order valence-corrected chi connectivity index (χ2v) is 6.28. The first-order valence-corrected chi connectivity index (χ1v) is 8.05. The Morgan fingerprint density at radius 1 is 1.55 bits per heavy atom. The third-order valence-corrected chi connectivity index (χ3v) is 4.42. The summed E-state index contributed by atoms with van der Waals surface area (Å²) in [6.45, 7) is 2.19. The molecule has 2 rings (SSSR count). The minimum absolute atomic E-state index is 0.0118. The summed E-state index contributed by atoms with van der Waals surface area (Å²) in [5.41, 5.74) is 0. The van der Waals surface area contributed by atoms with Gasteiger partial charge in [-0.05, 0) is 30.9 Å². The fraction of sp³-hybridized carbons (Fsp3) is 0.562. The Labute approximate surface area is 124 Å². The van der Waals surface area contributed by atoms with Crippen LogP contribution in [0.2, 0.25) is 0 Å². The van der Waals surface area contributed by atoms with Crippen LogP contribution < -0.4 is 5.32 Å². The molecule has 0 saturated heterocycles. The van der Waals surface area contributed by atoms with Gasteiger partial charge in [0.1, 0.15) is 0 Å². The first kappa shape index (κ1) is 15.1. The van der Waals surface area contributed by atoms with Crippen molar-refractivity contribution in [3.63, 3.8) is 0 Å². The zero-order valence-corrected chi connectivity index (χ0v) is 12.6. The summed E-state index contributed by atoms with van der Waals surface area (Å²) in [5, 5.41) is 11.8. The van der Waals surface area contributed by atoms with E-state index in [1.165, 1.54) is 24.2 Å². The van der Waals surface area contributed by atoms with E-state index in [2.05, 4.69) is 24.1 Å². The van der Waals surface area contributed by atoms with Crippen molar-refractivity contribution in [2.75, 3.05) is 6.61 Å². The van der Waals surface area contributed by atoms with E-state index >= 15 is 0 Å². The van der Waals surface area contributed by atoms with Crippen molar-refractivity contribution >= 4 is 17.2 Å². The van der Waals surface area contributed by atoms with Gasteiger partial charge in [-0.25, -0.2) is 0 Å². The van der Waals surface area contributed by atoms with Gasteiger partial charge in [0.15, 0.2) is 0 Å². The predicted molar refractivity (Wildman–Crippen MR) is 81.8 cm³/mol. The van der Waals surface area contributed by atoms with E-state index in [-0.39, 0.29) is 12.5 Å². The fourth-order valence-electron chi connectivity index (χ4n) is 2.07. The van der Waals surface area contributed by atoms with Crippen LogP contribution in [0.3, 0.4) is 0 Å².